The molecule has 5 nitrogen and oxygen atoms in total. The molecular formula is C11H9ClFN3O2S. The molecule has 1 aromatic heterocycles. The van der Waals surface area contributed by atoms with Gasteiger partial charge in [-0.2, -0.15) is 0 Å². The monoisotopic (exact) mass is 301 g/mol. The fraction of sp³-hybridized carbons (Fsp3) is 0.182. The molecule has 100 valence electrons. The number of hydrogen-bond donors (Lipinski definition) is 1. The molecule has 0 saturated heterocycles. The third kappa shape index (κ3) is 3.39. The van der Waals surface area contributed by atoms with Gasteiger partial charge >= 0.3 is 0 Å². The average molecular weight is 302 g/mol. The van der Waals surface area contributed by atoms with Crippen LogP contribution in [0.2, 0.25) is 5.02 Å². The summed E-state index contributed by atoms with van der Waals surface area (Å²) in [5.41, 5.74) is -0.131. The summed E-state index contributed by atoms with van der Waals surface area (Å²) in [6.07, 6.45) is 2.32. The first-order valence-corrected chi connectivity index (χ1v) is 6.59. The molecule has 0 radical (unpaired) electrons. The van der Waals surface area contributed by atoms with Crippen molar-refractivity contribution in [3.8, 4) is 0 Å². The second kappa shape index (κ2) is 5.94. The maximum atomic E-state index is 13.2. The number of aromatic nitrogens is 1. The number of thiazole rings is 1. The molecule has 0 fully saturated rings. The van der Waals surface area contributed by atoms with E-state index in [9.17, 15) is 14.5 Å². The molecule has 0 aliphatic rings. The molecule has 1 heterocycles. The minimum absolute atomic E-state index is 0.151. The second-order valence-electron chi connectivity index (χ2n) is 3.64. The predicted octanol–water partition coefficient (Wildman–Crippen LogP) is 3.50. The summed E-state index contributed by atoms with van der Waals surface area (Å²) in [6.45, 7) is 0.455. The summed E-state index contributed by atoms with van der Waals surface area (Å²) in [4.78, 5) is 14.3. The quantitative estimate of drug-likeness (QED) is 0.678. The molecular weight excluding hydrogens is 293 g/mol. The van der Waals surface area contributed by atoms with Crippen LogP contribution in [-0.2, 0) is 6.42 Å². The first-order valence-electron chi connectivity index (χ1n) is 5.33. The van der Waals surface area contributed by atoms with Crippen LogP contribution < -0.4 is 5.32 Å². The Labute approximate surface area is 117 Å². The first-order chi connectivity index (χ1) is 9.08. The topological polar surface area (TPSA) is 68.1 Å². The van der Waals surface area contributed by atoms with E-state index in [1.165, 1.54) is 17.4 Å². The van der Waals surface area contributed by atoms with Gasteiger partial charge in [-0.25, -0.2) is 9.37 Å². The van der Waals surface area contributed by atoms with E-state index in [-0.39, 0.29) is 16.4 Å². The molecule has 2 rings (SSSR count). The van der Waals surface area contributed by atoms with Crippen molar-refractivity contribution in [1.29, 1.82) is 0 Å². The van der Waals surface area contributed by atoms with Crippen molar-refractivity contribution in [2.24, 2.45) is 0 Å². The van der Waals surface area contributed by atoms with Crippen molar-refractivity contribution >= 4 is 34.3 Å². The van der Waals surface area contributed by atoms with Crippen LogP contribution in [-0.4, -0.2) is 16.5 Å². The SMILES string of the molecule is O=[N+]([O-])c1cc(F)c(Cl)cc1NCCc1nccs1. The summed E-state index contributed by atoms with van der Waals surface area (Å²) in [6, 6.07) is 2.03. The highest BCUT2D eigenvalue weighted by atomic mass is 35.5. The average Bonchev–Trinajstić information content (AvgIpc) is 2.86. The lowest BCUT2D eigenvalue weighted by atomic mass is 10.2. The van der Waals surface area contributed by atoms with Crippen LogP contribution >= 0.6 is 22.9 Å². The molecule has 0 atom stereocenters. The van der Waals surface area contributed by atoms with E-state index in [0.717, 1.165) is 11.1 Å². The Morgan fingerprint density at radius 2 is 2.32 bits per heavy atom. The number of nitro benzene ring substituents is 1. The van der Waals surface area contributed by atoms with Gasteiger partial charge in [-0.3, -0.25) is 10.1 Å². The minimum atomic E-state index is -0.807. The van der Waals surface area contributed by atoms with Gasteiger partial charge in [0, 0.05) is 24.5 Å². The van der Waals surface area contributed by atoms with E-state index in [1.807, 2.05) is 5.38 Å². The van der Waals surface area contributed by atoms with Crippen LogP contribution in [0, 0.1) is 15.9 Å². The van der Waals surface area contributed by atoms with E-state index >= 15 is 0 Å². The Balaban J connectivity index is 2.10. The summed E-state index contributed by atoms with van der Waals surface area (Å²) in [5.74, 6) is -0.807. The molecule has 2 aromatic rings. The van der Waals surface area contributed by atoms with Gasteiger partial charge in [0.1, 0.15) is 11.5 Å². The lowest BCUT2D eigenvalue weighted by Crippen LogP contribution is -2.07. The zero-order valence-corrected chi connectivity index (χ0v) is 11.2. The molecule has 8 heteroatoms. The number of rotatable bonds is 5. The largest absolute Gasteiger partial charge is 0.379 e. The fourth-order valence-corrected chi connectivity index (χ4v) is 2.29. The molecule has 0 amide bonds. The van der Waals surface area contributed by atoms with Gasteiger partial charge in [-0.1, -0.05) is 11.6 Å². The van der Waals surface area contributed by atoms with Crippen LogP contribution in [0.3, 0.4) is 0 Å². The molecule has 0 unspecified atom stereocenters. The number of hydrogen-bond acceptors (Lipinski definition) is 5. The Hall–Kier alpha value is -1.73. The van der Waals surface area contributed by atoms with Gasteiger partial charge in [0.2, 0.25) is 0 Å². The van der Waals surface area contributed by atoms with Gasteiger partial charge in [-0.05, 0) is 6.07 Å². The molecule has 0 bridgehead atoms. The van der Waals surface area contributed by atoms with Crippen LogP contribution in [0.4, 0.5) is 15.8 Å². The van der Waals surface area contributed by atoms with Crippen molar-refractivity contribution < 1.29 is 9.31 Å². The first kappa shape index (κ1) is 13.7. The van der Waals surface area contributed by atoms with Crippen molar-refractivity contribution in [2.45, 2.75) is 6.42 Å². The summed E-state index contributed by atoms with van der Waals surface area (Å²) in [5, 5.41) is 16.3. The van der Waals surface area contributed by atoms with E-state index in [1.54, 1.807) is 6.20 Å². The van der Waals surface area contributed by atoms with E-state index < -0.39 is 10.7 Å². The normalized spacial score (nSPS) is 10.4. The summed E-state index contributed by atoms with van der Waals surface area (Å²) in [7, 11) is 0. The zero-order valence-electron chi connectivity index (χ0n) is 9.60. The maximum Gasteiger partial charge on any atom is 0.295 e. The molecule has 0 aliphatic heterocycles. The number of halogens is 2. The third-order valence-electron chi connectivity index (χ3n) is 2.37. The van der Waals surface area contributed by atoms with Crippen molar-refractivity contribution in [2.75, 3.05) is 11.9 Å². The van der Waals surface area contributed by atoms with Gasteiger partial charge in [0.25, 0.3) is 5.69 Å². The second-order valence-corrected chi connectivity index (χ2v) is 5.03. The maximum absolute atomic E-state index is 13.2. The Bertz CT molecular complexity index is 592. The molecule has 19 heavy (non-hydrogen) atoms. The van der Waals surface area contributed by atoms with Crippen LogP contribution in [0.25, 0.3) is 0 Å². The number of nitro groups is 1. The minimum Gasteiger partial charge on any atom is -0.379 e. The molecule has 0 aliphatic carbocycles. The molecule has 0 spiro atoms. The van der Waals surface area contributed by atoms with Crippen molar-refractivity contribution in [3.63, 3.8) is 0 Å². The predicted molar refractivity (Wildman–Crippen MR) is 72.4 cm³/mol. The Morgan fingerprint density at radius 3 is 2.95 bits per heavy atom. The van der Waals surface area contributed by atoms with E-state index in [0.29, 0.717) is 13.0 Å². The van der Waals surface area contributed by atoms with Gasteiger partial charge in [-0.15, -0.1) is 11.3 Å². The highest BCUT2D eigenvalue weighted by Crippen LogP contribution is 2.30. The lowest BCUT2D eigenvalue weighted by Gasteiger charge is -2.07. The summed E-state index contributed by atoms with van der Waals surface area (Å²) >= 11 is 7.12. The molecule has 1 N–H and O–H groups in total. The standard InChI is InChI=1S/C11H9ClFN3O2S/c12-7-5-9(10(16(17)18)6-8(7)13)14-2-1-11-15-3-4-19-11/h3-6,14H,1-2H2. The van der Waals surface area contributed by atoms with Crippen LogP contribution in [0.15, 0.2) is 23.7 Å². The molecule has 0 saturated carbocycles. The highest BCUT2D eigenvalue weighted by molar-refractivity contribution is 7.09. The van der Waals surface area contributed by atoms with E-state index in [2.05, 4.69) is 10.3 Å². The summed E-state index contributed by atoms with van der Waals surface area (Å²) < 4.78 is 13.2. The zero-order chi connectivity index (χ0) is 13.8. The van der Waals surface area contributed by atoms with E-state index in [4.69, 9.17) is 11.6 Å². The van der Waals surface area contributed by atoms with Crippen molar-refractivity contribution in [1.82, 2.24) is 4.98 Å². The Kier molecular flexibility index (Phi) is 4.28. The third-order valence-corrected chi connectivity index (χ3v) is 3.50. The molecule has 1 aromatic carbocycles. The van der Waals surface area contributed by atoms with Gasteiger partial charge < -0.3 is 5.32 Å². The van der Waals surface area contributed by atoms with Gasteiger partial charge in [0.15, 0.2) is 0 Å². The Morgan fingerprint density at radius 1 is 1.53 bits per heavy atom. The fourth-order valence-electron chi connectivity index (χ4n) is 1.51. The van der Waals surface area contributed by atoms with Crippen molar-refractivity contribution in [3.05, 3.63) is 49.7 Å². The lowest BCUT2D eigenvalue weighted by molar-refractivity contribution is -0.384. The highest BCUT2D eigenvalue weighted by Gasteiger charge is 2.17. The van der Waals surface area contributed by atoms with Crippen LogP contribution in [0.5, 0.6) is 0 Å². The van der Waals surface area contributed by atoms with Crippen LogP contribution in [0.1, 0.15) is 5.01 Å². The number of nitrogens with one attached hydrogen (secondary N) is 1. The van der Waals surface area contributed by atoms with Gasteiger partial charge in [0.05, 0.1) is 21.0 Å². The number of anilines is 1. The number of nitrogens with zero attached hydrogens (tertiary/aromatic N) is 2. The smallest absolute Gasteiger partial charge is 0.295 e. The number of benzene rings is 1.